The van der Waals surface area contributed by atoms with E-state index in [1.165, 1.54) is 5.01 Å². The minimum absolute atomic E-state index is 0.202. The van der Waals surface area contributed by atoms with Crippen LogP contribution in [-0.4, -0.2) is 33.2 Å². The first kappa shape index (κ1) is 16.0. The molecule has 1 heterocycles. The summed E-state index contributed by atoms with van der Waals surface area (Å²) < 4.78 is 0. The van der Waals surface area contributed by atoms with Crippen LogP contribution in [0.4, 0.5) is 5.69 Å². The van der Waals surface area contributed by atoms with Crippen molar-refractivity contribution in [2.75, 3.05) is 5.01 Å². The molecular weight excluding hydrogens is 312 g/mol. The fourth-order valence-electron chi connectivity index (χ4n) is 2.85. The van der Waals surface area contributed by atoms with Gasteiger partial charge in [-0.15, -0.1) is 0 Å². The molecule has 0 bridgehead atoms. The van der Waals surface area contributed by atoms with E-state index in [0.29, 0.717) is 11.3 Å². The van der Waals surface area contributed by atoms with Crippen molar-refractivity contribution in [3.05, 3.63) is 65.7 Å². The highest BCUT2D eigenvalue weighted by Crippen LogP contribution is 2.41. The molecule has 7 nitrogen and oxygen atoms in total. The van der Waals surface area contributed by atoms with Crippen molar-refractivity contribution >= 4 is 17.6 Å². The Morgan fingerprint density at radius 1 is 0.958 bits per heavy atom. The monoisotopic (exact) mass is 327 g/mol. The normalized spacial score (nSPS) is 17.1. The number of hydrogen-bond donors (Lipinski definition) is 2. The molecule has 1 radical (unpaired) electrons. The van der Waals surface area contributed by atoms with Crippen LogP contribution in [0.5, 0.6) is 0 Å². The van der Waals surface area contributed by atoms with E-state index in [-0.39, 0.29) is 6.54 Å². The van der Waals surface area contributed by atoms with Gasteiger partial charge in [-0.1, -0.05) is 48.5 Å². The van der Waals surface area contributed by atoms with Crippen LogP contribution in [0, 0.1) is 0 Å². The number of para-hydroxylation sites is 1. The number of hydrazine groups is 1. The number of aliphatic carboxylic acids is 2. The van der Waals surface area contributed by atoms with Gasteiger partial charge >= 0.3 is 11.9 Å². The fraction of sp³-hybridized carbons (Fsp3) is 0.176. The smallest absolute Gasteiger partial charge is 0.334 e. The summed E-state index contributed by atoms with van der Waals surface area (Å²) >= 11 is 0. The van der Waals surface area contributed by atoms with Crippen molar-refractivity contribution in [3.8, 4) is 0 Å². The Hall–Kier alpha value is -2.90. The summed E-state index contributed by atoms with van der Waals surface area (Å²) in [6.45, 7) is 0.202. The quantitative estimate of drug-likeness (QED) is 0.813. The van der Waals surface area contributed by atoms with Gasteiger partial charge in [0, 0.05) is 5.56 Å². The molecule has 1 aliphatic heterocycles. The lowest BCUT2D eigenvalue weighted by atomic mass is 10.1. The van der Waals surface area contributed by atoms with Crippen LogP contribution in [0.15, 0.2) is 54.6 Å². The molecule has 1 unspecified atom stereocenters. The topological polar surface area (TPSA) is 101 Å². The summed E-state index contributed by atoms with van der Waals surface area (Å²) in [6.07, 6.45) is -1.60. The molecule has 2 aromatic carbocycles. The zero-order valence-corrected chi connectivity index (χ0v) is 12.6. The maximum Gasteiger partial charge on any atom is 0.334 e. The first-order chi connectivity index (χ1) is 11.5. The number of benzene rings is 2. The van der Waals surface area contributed by atoms with E-state index in [4.69, 9.17) is 0 Å². The molecule has 0 fully saturated rings. The molecule has 1 atom stereocenters. The summed E-state index contributed by atoms with van der Waals surface area (Å²) in [5.41, 5.74) is 1.72. The highest BCUT2D eigenvalue weighted by molar-refractivity contribution is 5.97. The van der Waals surface area contributed by atoms with E-state index in [1.807, 2.05) is 30.3 Å². The highest BCUT2D eigenvalue weighted by atomic mass is 16.4. The third-order valence-corrected chi connectivity index (χ3v) is 3.91. The molecule has 0 spiro atoms. The SMILES string of the molecule is [O]C1c2ccccc2N(Cc2ccccc2)N1C(C(=O)O)C(=O)O. The zero-order chi connectivity index (χ0) is 17.3. The average Bonchev–Trinajstić information content (AvgIpc) is 2.82. The molecule has 2 N–H and O–H groups in total. The molecule has 0 saturated carbocycles. The second kappa shape index (κ2) is 6.31. The molecule has 7 heteroatoms. The lowest BCUT2D eigenvalue weighted by Gasteiger charge is -2.33. The summed E-state index contributed by atoms with van der Waals surface area (Å²) in [5.74, 6) is -3.15. The highest BCUT2D eigenvalue weighted by Gasteiger charge is 2.47. The molecule has 1 aliphatic rings. The molecule has 2 aromatic rings. The summed E-state index contributed by atoms with van der Waals surface area (Å²) in [6, 6.07) is 13.9. The Labute approximate surface area is 138 Å². The average molecular weight is 327 g/mol. The van der Waals surface area contributed by atoms with E-state index < -0.39 is 24.2 Å². The van der Waals surface area contributed by atoms with Crippen molar-refractivity contribution in [1.29, 1.82) is 0 Å². The van der Waals surface area contributed by atoms with E-state index in [1.54, 1.807) is 24.3 Å². The van der Waals surface area contributed by atoms with E-state index in [0.717, 1.165) is 10.6 Å². The second-order valence-corrected chi connectivity index (χ2v) is 5.41. The number of anilines is 1. The molecule has 123 valence electrons. The first-order valence-electron chi connectivity index (χ1n) is 7.31. The van der Waals surface area contributed by atoms with Gasteiger partial charge in [0.15, 0.2) is 6.23 Å². The van der Waals surface area contributed by atoms with Gasteiger partial charge in [-0.25, -0.2) is 14.7 Å². The molecule has 0 aliphatic carbocycles. The Morgan fingerprint density at radius 2 is 1.54 bits per heavy atom. The third-order valence-electron chi connectivity index (χ3n) is 3.91. The first-order valence-corrected chi connectivity index (χ1v) is 7.31. The molecular formula is C17H15N2O5. The van der Waals surface area contributed by atoms with Crippen molar-refractivity contribution in [2.45, 2.75) is 18.8 Å². The standard InChI is InChI=1S/C17H15N2O5/c20-15-12-8-4-5-9-13(12)18(10-11-6-2-1-3-7-11)19(15)14(16(21)22)17(23)24/h1-9,14-15H,10H2,(H,21,22)(H,23,24). The molecule has 24 heavy (non-hydrogen) atoms. The minimum atomic E-state index is -1.95. The van der Waals surface area contributed by atoms with Gasteiger partial charge in [0.2, 0.25) is 6.04 Å². The van der Waals surface area contributed by atoms with Crippen molar-refractivity contribution in [3.63, 3.8) is 0 Å². The zero-order valence-electron chi connectivity index (χ0n) is 12.6. The van der Waals surface area contributed by atoms with Crippen LogP contribution in [0.25, 0.3) is 0 Å². The van der Waals surface area contributed by atoms with Gasteiger partial charge in [-0.3, -0.25) is 5.01 Å². The van der Waals surface area contributed by atoms with Crippen molar-refractivity contribution in [1.82, 2.24) is 5.01 Å². The minimum Gasteiger partial charge on any atom is -0.480 e. The molecule has 0 aromatic heterocycles. The van der Waals surface area contributed by atoms with Crippen molar-refractivity contribution in [2.24, 2.45) is 0 Å². The van der Waals surface area contributed by atoms with E-state index in [9.17, 15) is 24.9 Å². The van der Waals surface area contributed by atoms with Crippen LogP contribution in [0.2, 0.25) is 0 Å². The lowest BCUT2D eigenvalue weighted by molar-refractivity contribution is -0.166. The maximum absolute atomic E-state index is 12.7. The number of fused-ring (bicyclic) bond motifs is 1. The van der Waals surface area contributed by atoms with Crippen LogP contribution < -0.4 is 5.01 Å². The largest absolute Gasteiger partial charge is 0.480 e. The van der Waals surface area contributed by atoms with Crippen LogP contribution in [-0.2, 0) is 21.2 Å². The maximum atomic E-state index is 12.7. The predicted octanol–water partition coefficient (Wildman–Crippen LogP) is 1.89. The number of carbonyl (C=O) groups is 2. The van der Waals surface area contributed by atoms with Crippen LogP contribution >= 0.6 is 0 Å². The van der Waals surface area contributed by atoms with Gasteiger partial charge < -0.3 is 10.2 Å². The molecule has 0 saturated heterocycles. The summed E-state index contributed by atoms with van der Waals surface area (Å²) in [4.78, 5) is 22.9. The lowest BCUT2D eigenvalue weighted by Crippen LogP contribution is -2.53. The number of rotatable bonds is 5. The van der Waals surface area contributed by atoms with Gasteiger partial charge in [-0.05, 0) is 11.6 Å². The number of carboxylic acid groups (broad SMARTS) is 2. The van der Waals surface area contributed by atoms with E-state index in [2.05, 4.69) is 0 Å². The Bertz CT molecular complexity index is 751. The van der Waals surface area contributed by atoms with Gasteiger partial charge in [-0.2, -0.15) is 5.01 Å². The fourth-order valence-corrected chi connectivity index (χ4v) is 2.85. The van der Waals surface area contributed by atoms with E-state index >= 15 is 0 Å². The molecule has 0 amide bonds. The predicted molar refractivity (Wildman–Crippen MR) is 83.4 cm³/mol. The van der Waals surface area contributed by atoms with Crippen molar-refractivity contribution < 1.29 is 24.9 Å². The van der Waals surface area contributed by atoms with Crippen LogP contribution in [0.3, 0.4) is 0 Å². The summed E-state index contributed by atoms with van der Waals surface area (Å²) in [7, 11) is 0. The third kappa shape index (κ3) is 2.70. The second-order valence-electron chi connectivity index (χ2n) is 5.41. The van der Waals surface area contributed by atoms with Gasteiger partial charge in [0.25, 0.3) is 0 Å². The number of hydrogen-bond acceptors (Lipinski definition) is 4. The van der Waals surface area contributed by atoms with Crippen LogP contribution in [0.1, 0.15) is 17.4 Å². The Morgan fingerprint density at radius 3 is 2.17 bits per heavy atom. The molecule has 3 rings (SSSR count). The Kier molecular flexibility index (Phi) is 4.20. The van der Waals surface area contributed by atoms with Gasteiger partial charge in [0.1, 0.15) is 0 Å². The summed E-state index contributed by atoms with van der Waals surface area (Å²) in [5, 5.41) is 33.6. The Balaban J connectivity index is 2.05. The van der Waals surface area contributed by atoms with Gasteiger partial charge in [0.05, 0.1) is 12.2 Å². The number of carboxylic acids is 2. The number of nitrogens with zero attached hydrogens (tertiary/aromatic N) is 2.